The van der Waals surface area contributed by atoms with E-state index in [0.717, 1.165) is 54.3 Å². The van der Waals surface area contributed by atoms with E-state index >= 15 is 0 Å². The molecule has 8 heteroatoms. The number of hydrogen-bond donors (Lipinski definition) is 0. The topological polar surface area (TPSA) is 66.6 Å². The highest BCUT2D eigenvalue weighted by Crippen LogP contribution is 2.30. The van der Waals surface area contributed by atoms with E-state index in [4.69, 9.17) is 16.6 Å². The van der Waals surface area contributed by atoms with Gasteiger partial charge in [0.2, 0.25) is 11.9 Å². The maximum atomic E-state index is 12.9. The van der Waals surface area contributed by atoms with Gasteiger partial charge >= 0.3 is 0 Å². The van der Waals surface area contributed by atoms with Crippen molar-refractivity contribution < 1.29 is 4.79 Å². The van der Waals surface area contributed by atoms with Crippen LogP contribution >= 0.6 is 11.6 Å². The molecule has 2 fully saturated rings. The van der Waals surface area contributed by atoms with Gasteiger partial charge in [0, 0.05) is 42.0 Å². The number of aryl methyl sites for hydroxylation is 1. The van der Waals surface area contributed by atoms with Crippen molar-refractivity contribution in [1.82, 2.24) is 24.5 Å². The second-order valence-electron chi connectivity index (χ2n) is 8.29. The predicted molar refractivity (Wildman–Crippen MR) is 113 cm³/mol. The Kier molecular flexibility index (Phi) is 4.57. The fourth-order valence-corrected chi connectivity index (χ4v) is 4.97. The molecule has 1 saturated carbocycles. The lowest BCUT2D eigenvalue weighted by Gasteiger charge is -2.41. The van der Waals surface area contributed by atoms with Gasteiger partial charge in [-0.3, -0.25) is 4.79 Å². The van der Waals surface area contributed by atoms with E-state index in [9.17, 15) is 4.79 Å². The number of fused-ring (bicyclic) bond motifs is 3. The van der Waals surface area contributed by atoms with Gasteiger partial charge in [-0.15, -0.1) is 10.2 Å². The maximum Gasteiger partial charge on any atom is 0.226 e. The average molecular weight is 413 g/mol. The Morgan fingerprint density at radius 2 is 1.97 bits per heavy atom. The third kappa shape index (κ3) is 3.12. The maximum absolute atomic E-state index is 12.9. The number of rotatable bonds is 2. The first-order chi connectivity index (χ1) is 14.0. The molecular formula is C21H25ClN6O. The molecule has 0 N–H and O–H groups in total. The van der Waals surface area contributed by atoms with Gasteiger partial charge in [-0.1, -0.05) is 24.4 Å². The van der Waals surface area contributed by atoms with Gasteiger partial charge in [-0.05, 0) is 44.9 Å². The van der Waals surface area contributed by atoms with Gasteiger partial charge in [0.05, 0.1) is 5.52 Å². The number of piperazine rings is 1. The summed E-state index contributed by atoms with van der Waals surface area (Å²) < 4.78 is 2.01. The van der Waals surface area contributed by atoms with Crippen molar-refractivity contribution in [3.8, 4) is 0 Å². The minimum atomic E-state index is 0.139. The summed E-state index contributed by atoms with van der Waals surface area (Å²) in [6, 6.07) is 5.80. The molecule has 2 aliphatic rings. The minimum Gasteiger partial charge on any atom is -0.338 e. The van der Waals surface area contributed by atoms with Crippen molar-refractivity contribution >= 4 is 40.0 Å². The Morgan fingerprint density at radius 3 is 2.72 bits per heavy atom. The highest BCUT2D eigenvalue weighted by atomic mass is 35.5. The highest BCUT2D eigenvalue weighted by Gasteiger charge is 2.34. The monoisotopic (exact) mass is 412 g/mol. The molecule has 1 atom stereocenters. The Morgan fingerprint density at radius 1 is 1.17 bits per heavy atom. The first kappa shape index (κ1) is 18.6. The Labute approximate surface area is 174 Å². The van der Waals surface area contributed by atoms with Crippen LogP contribution in [0.1, 0.15) is 38.4 Å². The number of halogens is 1. The van der Waals surface area contributed by atoms with Crippen LogP contribution < -0.4 is 4.90 Å². The zero-order valence-electron chi connectivity index (χ0n) is 16.8. The van der Waals surface area contributed by atoms with Crippen molar-refractivity contribution in [2.24, 2.45) is 5.92 Å². The fraction of sp³-hybridized carbons (Fsp3) is 0.524. The van der Waals surface area contributed by atoms with Crippen LogP contribution in [-0.2, 0) is 4.79 Å². The molecule has 152 valence electrons. The smallest absolute Gasteiger partial charge is 0.226 e. The van der Waals surface area contributed by atoms with Crippen molar-refractivity contribution in [1.29, 1.82) is 0 Å². The first-order valence-corrected chi connectivity index (χ1v) is 10.8. The van der Waals surface area contributed by atoms with Gasteiger partial charge in [0.25, 0.3) is 0 Å². The molecule has 0 radical (unpaired) electrons. The number of amides is 1. The lowest BCUT2D eigenvalue weighted by Crippen LogP contribution is -2.55. The van der Waals surface area contributed by atoms with E-state index in [2.05, 4.69) is 26.9 Å². The summed E-state index contributed by atoms with van der Waals surface area (Å²) in [6.07, 6.45) is 4.44. The largest absolute Gasteiger partial charge is 0.338 e. The molecule has 1 saturated heterocycles. The van der Waals surface area contributed by atoms with Crippen LogP contribution in [0.15, 0.2) is 18.2 Å². The lowest BCUT2D eigenvalue weighted by molar-refractivity contribution is -0.137. The average Bonchev–Trinajstić information content (AvgIpc) is 3.37. The normalized spacial score (nSPS) is 20.9. The molecule has 5 rings (SSSR count). The molecule has 0 bridgehead atoms. The molecule has 1 aromatic carbocycles. The zero-order valence-corrected chi connectivity index (χ0v) is 17.6. The van der Waals surface area contributed by atoms with Crippen LogP contribution in [0.25, 0.3) is 16.6 Å². The van der Waals surface area contributed by atoms with Crippen molar-refractivity contribution in [2.45, 2.75) is 45.6 Å². The number of aromatic nitrogens is 4. The predicted octanol–water partition coefficient (Wildman–Crippen LogP) is 3.47. The number of hydrogen-bond acceptors (Lipinski definition) is 5. The van der Waals surface area contributed by atoms with Gasteiger partial charge in [0.1, 0.15) is 5.82 Å². The highest BCUT2D eigenvalue weighted by molar-refractivity contribution is 6.31. The molecule has 7 nitrogen and oxygen atoms in total. The van der Waals surface area contributed by atoms with Crippen LogP contribution in [0, 0.1) is 12.8 Å². The zero-order chi connectivity index (χ0) is 20.1. The molecule has 1 aliphatic carbocycles. The minimum absolute atomic E-state index is 0.139. The lowest BCUT2D eigenvalue weighted by atomic mass is 10.0. The summed E-state index contributed by atoms with van der Waals surface area (Å²) in [5, 5.41) is 10.3. The number of anilines is 1. The van der Waals surface area contributed by atoms with Crippen LogP contribution in [0.2, 0.25) is 5.02 Å². The molecule has 0 unspecified atom stereocenters. The summed E-state index contributed by atoms with van der Waals surface area (Å²) in [6.45, 7) is 6.27. The number of carbonyl (C=O) groups is 1. The summed E-state index contributed by atoms with van der Waals surface area (Å²) in [7, 11) is 0. The van der Waals surface area contributed by atoms with Crippen molar-refractivity contribution in [2.75, 3.05) is 24.5 Å². The molecule has 1 aliphatic heterocycles. The van der Waals surface area contributed by atoms with Gasteiger partial charge < -0.3 is 9.80 Å². The van der Waals surface area contributed by atoms with Gasteiger partial charge in [-0.25, -0.2) is 9.38 Å². The molecule has 0 spiro atoms. The standard InChI is InChI=1S/C21H25ClN6O/c1-13-12-26(9-10-27(13)20(29)15-5-3-4-6-15)21-23-18-11-16(22)7-8-17(18)19-25-24-14(2)28(19)21/h7-8,11,13,15H,3-6,9-10,12H2,1-2H3/t13-/m1/s1. The number of carbonyl (C=O) groups excluding carboxylic acids is 1. The van der Waals surface area contributed by atoms with Gasteiger partial charge in [0.15, 0.2) is 5.65 Å². The Balaban J connectivity index is 1.49. The van der Waals surface area contributed by atoms with E-state index in [1.807, 2.05) is 29.5 Å². The molecule has 1 amide bonds. The van der Waals surface area contributed by atoms with Gasteiger partial charge in [-0.2, -0.15) is 0 Å². The fourth-order valence-electron chi connectivity index (χ4n) is 4.81. The van der Waals surface area contributed by atoms with E-state index in [1.54, 1.807) is 0 Å². The van der Waals surface area contributed by atoms with Crippen LogP contribution in [0.3, 0.4) is 0 Å². The summed E-state index contributed by atoms with van der Waals surface area (Å²) in [4.78, 5) is 22.2. The quantitative estimate of drug-likeness (QED) is 0.644. The van der Waals surface area contributed by atoms with Crippen LogP contribution in [-0.4, -0.2) is 56.1 Å². The molecule has 2 aromatic heterocycles. The molecule has 29 heavy (non-hydrogen) atoms. The first-order valence-electron chi connectivity index (χ1n) is 10.4. The molecule has 3 aromatic rings. The van der Waals surface area contributed by atoms with Crippen LogP contribution in [0.5, 0.6) is 0 Å². The summed E-state index contributed by atoms with van der Waals surface area (Å²) >= 11 is 6.21. The van der Waals surface area contributed by atoms with Crippen LogP contribution in [0.4, 0.5) is 5.95 Å². The van der Waals surface area contributed by atoms with E-state index in [-0.39, 0.29) is 12.0 Å². The number of nitrogens with zero attached hydrogens (tertiary/aromatic N) is 6. The third-order valence-corrected chi connectivity index (χ3v) is 6.58. The van der Waals surface area contributed by atoms with Crippen molar-refractivity contribution in [3.05, 3.63) is 29.0 Å². The summed E-state index contributed by atoms with van der Waals surface area (Å²) in [5.41, 5.74) is 1.60. The van der Waals surface area contributed by atoms with E-state index in [0.29, 0.717) is 17.5 Å². The SMILES string of the molecule is Cc1nnc2c3ccc(Cl)cc3nc(N3CCN(C(=O)C4CCCC4)[C@H](C)C3)n12. The second-order valence-corrected chi connectivity index (χ2v) is 8.72. The Bertz CT molecular complexity index is 1090. The number of benzene rings is 1. The molecular weight excluding hydrogens is 388 g/mol. The Hall–Kier alpha value is -2.41. The van der Waals surface area contributed by atoms with E-state index in [1.165, 1.54) is 12.8 Å². The molecule has 3 heterocycles. The van der Waals surface area contributed by atoms with Crippen molar-refractivity contribution in [3.63, 3.8) is 0 Å². The second kappa shape index (κ2) is 7.13. The van der Waals surface area contributed by atoms with E-state index < -0.39 is 0 Å². The summed E-state index contributed by atoms with van der Waals surface area (Å²) in [5.74, 6) is 2.17. The third-order valence-electron chi connectivity index (χ3n) is 6.34.